The van der Waals surface area contributed by atoms with Crippen molar-refractivity contribution in [2.24, 2.45) is 0 Å². The summed E-state index contributed by atoms with van der Waals surface area (Å²) in [7, 11) is 1.67. The van der Waals surface area contributed by atoms with Gasteiger partial charge in [-0.3, -0.25) is 10.1 Å². The molecule has 4 nitrogen and oxygen atoms in total. The molecule has 0 bridgehead atoms. The van der Waals surface area contributed by atoms with Gasteiger partial charge in [-0.25, -0.2) is 0 Å². The van der Waals surface area contributed by atoms with Crippen LogP contribution < -0.4 is 5.32 Å². The fourth-order valence-corrected chi connectivity index (χ4v) is 0.467. The van der Waals surface area contributed by atoms with Gasteiger partial charge in [-0.2, -0.15) is 0 Å². The molecule has 0 unspecified atom stereocenters. The zero-order valence-electron chi connectivity index (χ0n) is 6.28. The van der Waals surface area contributed by atoms with Gasteiger partial charge < -0.3 is 5.32 Å². The average molecular weight is 154 g/mol. The number of nitrogens with one attached hydrogen (secondary N) is 1. The van der Waals surface area contributed by atoms with E-state index in [-0.39, 0.29) is 5.70 Å². The first-order valence-electron chi connectivity index (χ1n) is 3.03. The number of nitrogens with zero attached hydrogens (tertiary/aromatic N) is 1. The fourth-order valence-electron chi connectivity index (χ4n) is 0.467. The highest BCUT2D eigenvalue weighted by molar-refractivity contribution is 5.15. The Hall–Kier alpha value is -1.58. The summed E-state index contributed by atoms with van der Waals surface area (Å²) in [4.78, 5) is 9.73. The second-order valence-corrected chi connectivity index (χ2v) is 1.71. The van der Waals surface area contributed by atoms with Crippen molar-refractivity contribution in [1.29, 1.82) is 0 Å². The topological polar surface area (TPSA) is 55.2 Å². The zero-order chi connectivity index (χ0) is 8.69. The summed E-state index contributed by atoms with van der Waals surface area (Å²) in [6.07, 6.45) is 5.55. The first kappa shape index (κ1) is 9.42. The number of hydrogen-bond acceptors (Lipinski definition) is 3. The van der Waals surface area contributed by atoms with E-state index in [0.29, 0.717) is 0 Å². The minimum Gasteiger partial charge on any atom is -0.394 e. The lowest BCUT2D eigenvalue weighted by Gasteiger charge is -1.88. The predicted molar refractivity (Wildman–Crippen MR) is 43.5 cm³/mol. The maximum absolute atomic E-state index is 10.2. The molecule has 0 aliphatic carbocycles. The van der Waals surface area contributed by atoms with E-state index >= 15 is 0 Å². The maximum atomic E-state index is 10.2. The van der Waals surface area contributed by atoms with Crippen molar-refractivity contribution in [2.75, 3.05) is 7.05 Å². The van der Waals surface area contributed by atoms with Crippen LogP contribution in [0.4, 0.5) is 0 Å². The molecule has 0 amide bonds. The quantitative estimate of drug-likeness (QED) is 0.374. The highest BCUT2D eigenvalue weighted by Gasteiger charge is 2.01. The van der Waals surface area contributed by atoms with Gasteiger partial charge in [-0.05, 0) is 0 Å². The largest absolute Gasteiger partial charge is 0.394 e. The van der Waals surface area contributed by atoms with Crippen LogP contribution >= 0.6 is 0 Å². The van der Waals surface area contributed by atoms with Crippen molar-refractivity contribution in [3.05, 3.63) is 46.8 Å². The first-order valence-corrected chi connectivity index (χ1v) is 3.03. The molecule has 0 aromatic heterocycles. The highest BCUT2D eigenvalue weighted by Crippen LogP contribution is 1.96. The highest BCUT2D eigenvalue weighted by atomic mass is 16.6. The van der Waals surface area contributed by atoms with Crippen LogP contribution in [0.5, 0.6) is 0 Å². The number of rotatable bonds is 4. The number of hydrogen-bond donors (Lipinski definition) is 1. The second kappa shape index (κ2) is 5.22. The molecule has 0 fully saturated rings. The Balaban J connectivity index is 4.35. The van der Waals surface area contributed by atoms with Crippen molar-refractivity contribution < 1.29 is 4.92 Å². The summed E-state index contributed by atoms with van der Waals surface area (Å²) in [6, 6.07) is 0. The van der Waals surface area contributed by atoms with Crippen LogP contribution in [-0.2, 0) is 0 Å². The SMILES string of the molecule is C=C/C=C(\C=C/NC)[N+](=O)[O-]. The Morgan fingerprint density at radius 1 is 1.73 bits per heavy atom. The van der Waals surface area contributed by atoms with Gasteiger partial charge in [-0.15, -0.1) is 0 Å². The Bertz CT molecular complexity index is 206. The molecule has 0 spiro atoms. The van der Waals surface area contributed by atoms with Crippen molar-refractivity contribution in [3.63, 3.8) is 0 Å². The van der Waals surface area contributed by atoms with Crippen molar-refractivity contribution >= 4 is 0 Å². The van der Waals surface area contributed by atoms with Crippen LogP contribution in [0.2, 0.25) is 0 Å². The van der Waals surface area contributed by atoms with Gasteiger partial charge in [-0.1, -0.05) is 12.7 Å². The first-order chi connectivity index (χ1) is 5.22. The van der Waals surface area contributed by atoms with E-state index < -0.39 is 4.92 Å². The lowest BCUT2D eigenvalue weighted by Crippen LogP contribution is -1.98. The monoisotopic (exact) mass is 154 g/mol. The third kappa shape index (κ3) is 3.91. The smallest absolute Gasteiger partial charge is 0.270 e. The molecule has 0 aromatic rings. The van der Waals surface area contributed by atoms with Crippen LogP contribution in [0, 0.1) is 10.1 Å². The van der Waals surface area contributed by atoms with Gasteiger partial charge in [0.2, 0.25) is 0 Å². The molecule has 0 saturated carbocycles. The molecule has 11 heavy (non-hydrogen) atoms. The molecule has 0 rings (SSSR count). The molecule has 0 radical (unpaired) electrons. The van der Waals surface area contributed by atoms with E-state index in [1.165, 1.54) is 24.4 Å². The fraction of sp³-hybridized carbons (Fsp3) is 0.143. The van der Waals surface area contributed by atoms with E-state index in [1.54, 1.807) is 7.05 Å². The molecule has 60 valence electrons. The Kier molecular flexibility index (Phi) is 4.47. The zero-order valence-corrected chi connectivity index (χ0v) is 6.28. The van der Waals surface area contributed by atoms with Gasteiger partial charge in [0, 0.05) is 25.4 Å². The summed E-state index contributed by atoms with van der Waals surface area (Å²) >= 11 is 0. The summed E-state index contributed by atoms with van der Waals surface area (Å²) in [5.74, 6) is 0. The Morgan fingerprint density at radius 3 is 2.73 bits per heavy atom. The minimum atomic E-state index is -0.477. The van der Waals surface area contributed by atoms with Crippen LogP contribution in [0.15, 0.2) is 36.7 Å². The maximum Gasteiger partial charge on any atom is 0.270 e. The predicted octanol–water partition coefficient (Wildman–Crippen LogP) is 1.07. The Morgan fingerprint density at radius 2 is 2.36 bits per heavy atom. The molecular weight excluding hydrogens is 144 g/mol. The van der Waals surface area contributed by atoms with E-state index in [1.807, 2.05) is 0 Å². The summed E-state index contributed by atoms with van der Waals surface area (Å²) < 4.78 is 0. The number of allylic oxidation sites excluding steroid dienone is 3. The lowest BCUT2D eigenvalue weighted by molar-refractivity contribution is -0.419. The molecule has 0 aromatic carbocycles. The number of nitro groups is 1. The van der Waals surface area contributed by atoms with Crippen molar-refractivity contribution in [2.45, 2.75) is 0 Å². The average Bonchev–Trinajstić information content (AvgIpc) is 1.97. The summed E-state index contributed by atoms with van der Waals surface area (Å²) in [5.41, 5.74) is 0.00866. The van der Waals surface area contributed by atoms with Crippen molar-refractivity contribution in [1.82, 2.24) is 5.32 Å². The standard InChI is InChI=1S/C7H10N2O2/c1-3-4-7(9(10)11)5-6-8-2/h3-6,8H,1H2,2H3/b6-5-,7-4+. The third-order valence-electron chi connectivity index (χ3n) is 0.920. The Labute approximate surface area is 65.1 Å². The van der Waals surface area contributed by atoms with Crippen LogP contribution in [-0.4, -0.2) is 12.0 Å². The molecule has 4 heteroatoms. The van der Waals surface area contributed by atoms with Crippen molar-refractivity contribution in [3.8, 4) is 0 Å². The molecule has 0 aliphatic heterocycles. The van der Waals surface area contributed by atoms with E-state index in [2.05, 4.69) is 11.9 Å². The van der Waals surface area contributed by atoms with Gasteiger partial charge in [0.15, 0.2) is 0 Å². The van der Waals surface area contributed by atoms with Crippen LogP contribution in [0.1, 0.15) is 0 Å². The minimum absolute atomic E-state index is 0.00866. The van der Waals surface area contributed by atoms with Gasteiger partial charge in [0.05, 0.1) is 4.92 Å². The molecule has 1 N–H and O–H groups in total. The second-order valence-electron chi connectivity index (χ2n) is 1.71. The lowest BCUT2D eigenvalue weighted by atomic mass is 10.4. The van der Waals surface area contributed by atoms with Gasteiger partial charge >= 0.3 is 0 Å². The van der Waals surface area contributed by atoms with Gasteiger partial charge in [0.25, 0.3) is 5.70 Å². The molecule has 0 saturated heterocycles. The van der Waals surface area contributed by atoms with Gasteiger partial charge in [0.1, 0.15) is 0 Å². The van der Waals surface area contributed by atoms with E-state index in [4.69, 9.17) is 0 Å². The normalized spacial score (nSPS) is 11.5. The molecule has 0 aliphatic rings. The summed E-state index contributed by atoms with van der Waals surface area (Å²) in [6.45, 7) is 3.36. The van der Waals surface area contributed by atoms with E-state index in [9.17, 15) is 10.1 Å². The van der Waals surface area contributed by atoms with E-state index in [0.717, 1.165) is 0 Å². The molecule has 0 heterocycles. The third-order valence-corrected chi connectivity index (χ3v) is 0.920. The van der Waals surface area contributed by atoms with Crippen LogP contribution in [0.3, 0.4) is 0 Å². The summed E-state index contributed by atoms with van der Waals surface area (Å²) in [5, 5.41) is 12.9. The van der Waals surface area contributed by atoms with Crippen LogP contribution in [0.25, 0.3) is 0 Å². The molecule has 0 atom stereocenters. The molecular formula is C7H10N2O2.